The minimum absolute atomic E-state index is 0.110. The summed E-state index contributed by atoms with van der Waals surface area (Å²) in [4.78, 5) is 21.8. The van der Waals surface area contributed by atoms with Gasteiger partial charge in [-0.2, -0.15) is 0 Å². The van der Waals surface area contributed by atoms with E-state index >= 15 is 0 Å². The van der Waals surface area contributed by atoms with Gasteiger partial charge in [0.2, 0.25) is 0 Å². The van der Waals surface area contributed by atoms with Crippen molar-refractivity contribution in [1.82, 2.24) is 0 Å². The molecule has 1 aromatic carbocycles. The van der Waals surface area contributed by atoms with E-state index < -0.39 is 11.9 Å². The highest BCUT2D eigenvalue weighted by Crippen LogP contribution is 2.12. The molecule has 0 atom stereocenters. The summed E-state index contributed by atoms with van der Waals surface area (Å²) in [6.07, 6.45) is 0. The normalized spacial score (nSPS) is 8.88. The second kappa shape index (κ2) is 4.99. The zero-order valence-corrected chi connectivity index (χ0v) is 8.90. The van der Waals surface area contributed by atoms with Crippen LogP contribution >= 0.6 is 0 Å². The van der Waals surface area contributed by atoms with E-state index in [2.05, 4.69) is 16.6 Å². The van der Waals surface area contributed by atoms with Crippen LogP contribution in [0.2, 0.25) is 0 Å². The van der Waals surface area contributed by atoms with E-state index in [0.717, 1.165) is 0 Å². The van der Waals surface area contributed by atoms with E-state index in [9.17, 15) is 9.59 Å². The fourth-order valence-corrected chi connectivity index (χ4v) is 1.23. The summed E-state index contributed by atoms with van der Waals surface area (Å²) in [7, 11) is 1.21. The summed E-state index contributed by atoms with van der Waals surface area (Å²) < 4.78 is 4.34. The molecule has 16 heavy (non-hydrogen) atoms. The molecule has 0 aliphatic carbocycles. The number of methoxy groups -OCH3 is 1. The number of esters is 1. The molecule has 4 nitrogen and oxygen atoms in total. The van der Waals surface area contributed by atoms with E-state index in [4.69, 9.17) is 5.11 Å². The summed E-state index contributed by atoms with van der Waals surface area (Å²) in [5.74, 6) is 2.92. The predicted molar refractivity (Wildman–Crippen MR) is 57.0 cm³/mol. The number of carboxylic acids is 1. The molecule has 0 heterocycles. The van der Waals surface area contributed by atoms with Gasteiger partial charge in [0.1, 0.15) is 0 Å². The quantitative estimate of drug-likeness (QED) is 0.568. The van der Waals surface area contributed by atoms with Crippen molar-refractivity contribution in [3.8, 4) is 11.8 Å². The number of aryl methyl sites for hydroxylation is 1. The van der Waals surface area contributed by atoms with Gasteiger partial charge in [0.25, 0.3) is 0 Å². The van der Waals surface area contributed by atoms with Gasteiger partial charge in [-0.1, -0.05) is 18.1 Å². The fraction of sp³-hybridized carbons (Fsp3) is 0.167. The van der Waals surface area contributed by atoms with Crippen LogP contribution in [-0.4, -0.2) is 24.2 Å². The Hall–Kier alpha value is -2.28. The van der Waals surface area contributed by atoms with Gasteiger partial charge in [0.05, 0.1) is 12.7 Å². The first-order chi connectivity index (χ1) is 7.56. The van der Waals surface area contributed by atoms with Crippen LogP contribution in [0.15, 0.2) is 18.2 Å². The van der Waals surface area contributed by atoms with Crippen molar-refractivity contribution in [2.75, 3.05) is 7.11 Å². The summed E-state index contributed by atoms with van der Waals surface area (Å²) in [5.41, 5.74) is 1.01. The molecule has 4 heteroatoms. The molecule has 0 aliphatic heterocycles. The molecule has 0 amide bonds. The Morgan fingerprint density at radius 1 is 1.38 bits per heavy atom. The zero-order chi connectivity index (χ0) is 12.1. The number of benzene rings is 1. The van der Waals surface area contributed by atoms with Crippen LogP contribution in [0.1, 0.15) is 21.5 Å². The van der Waals surface area contributed by atoms with Crippen LogP contribution in [0.25, 0.3) is 0 Å². The van der Waals surface area contributed by atoms with Gasteiger partial charge in [-0.15, -0.1) is 0 Å². The van der Waals surface area contributed by atoms with Gasteiger partial charge < -0.3 is 9.84 Å². The molecule has 0 saturated heterocycles. The second-order valence-corrected chi connectivity index (χ2v) is 3.04. The van der Waals surface area contributed by atoms with Gasteiger partial charge in [-0.25, -0.2) is 9.59 Å². The highest BCUT2D eigenvalue weighted by atomic mass is 16.5. The molecule has 82 valence electrons. The number of carbonyl (C=O) groups is 2. The van der Waals surface area contributed by atoms with Crippen LogP contribution < -0.4 is 0 Å². The molecule has 0 radical (unpaired) electrons. The van der Waals surface area contributed by atoms with Crippen molar-refractivity contribution in [2.24, 2.45) is 0 Å². The zero-order valence-electron chi connectivity index (χ0n) is 8.90. The molecule has 0 spiro atoms. The molecular weight excluding hydrogens is 208 g/mol. The van der Waals surface area contributed by atoms with Gasteiger partial charge in [0, 0.05) is 11.5 Å². The van der Waals surface area contributed by atoms with Crippen LogP contribution in [0.4, 0.5) is 0 Å². The van der Waals surface area contributed by atoms with E-state index in [1.807, 2.05) is 0 Å². The number of hydrogen-bond donors (Lipinski definition) is 1. The number of carbonyl (C=O) groups excluding carboxylic acids is 1. The average Bonchev–Trinajstić information content (AvgIpc) is 2.25. The first kappa shape index (κ1) is 11.8. The molecule has 0 bridgehead atoms. The summed E-state index contributed by atoms with van der Waals surface area (Å²) in [5, 5.41) is 8.98. The Labute approximate surface area is 92.9 Å². The van der Waals surface area contributed by atoms with E-state index in [0.29, 0.717) is 11.1 Å². The molecule has 1 N–H and O–H groups in total. The van der Waals surface area contributed by atoms with Crippen molar-refractivity contribution in [1.29, 1.82) is 0 Å². The van der Waals surface area contributed by atoms with Crippen molar-refractivity contribution >= 4 is 11.9 Å². The van der Waals surface area contributed by atoms with E-state index in [1.54, 1.807) is 25.1 Å². The van der Waals surface area contributed by atoms with Crippen LogP contribution in [0.3, 0.4) is 0 Å². The Kier molecular flexibility index (Phi) is 3.67. The van der Waals surface area contributed by atoms with Gasteiger partial charge in [-0.05, 0) is 18.6 Å². The lowest BCUT2D eigenvalue weighted by molar-refractivity contribution is -0.133. The maximum atomic E-state index is 11.0. The Bertz CT molecular complexity index is 491. The van der Waals surface area contributed by atoms with Gasteiger partial charge in [-0.3, -0.25) is 0 Å². The highest BCUT2D eigenvalue weighted by molar-refractivity contribution is 5.94. The smallest absolute Gasteiger partial charge is 0.384 e. The first-order valence-corrected chi connectivity index (χ1v) is 4.49. The van der Waals surface area contributed by atoms with Crippen molar-refractivity contribution in [3.63, 3.8) is 0 Å². The lowest BCUT2D eigenvalue weighted by Gasteiger charge is -2.02. The van der Waals surface area contributed by atoms with E-state index in [-0.39, 0.29) is 5.56 Å². The van der Waals surface area contributed by atoms with Crippen molar-refractivity contribution < 1.29 is 19.4 Å². The molecule has 1 rings (SSSR count). The third kappa shape index (κ3) is 2.61. The number of ether oxygens (including phenoxy) is 1. The second-order valence-electron chi connectivity index (χ2n) is 3.04. The van der Waals surface area contributed by atoms with E-state index in [1.165, 1.54) is 7.11 Å². The lowest BCUT2D eigenvalue weighted by Crippen LogP contribution is -2.03. The van der Waals surface area contributed by atoms with Crippen LogP contribution in [0, 0.1) is 18.8 Å². The monoisotopic (exact) mass is 218 g/mol. The summed E-state index contributed by atoms with van der Waals surface area (Å²) in [6, 6.07) is 4.90. The lowest BCUT2D eigenvalue weighted by atomic mass is 10.0. The molecule has 1 aromatic rings. The Morgan fingerprint density at radius 2 is 2.06 bits per heavy atom. The molecule has 0 fully saturated rings. The van der Waals surface area contributed by atoms with Crippen LogP contribution in [0.5, 0.6) is 0 Å². The van der Waals surface area contributed by atoms with Crippen molar-refractivity contribution in [3.05, 3.63) is 34.9 Å². The minimum Gasteiger partial charge on any atom is -0.478 e. The minimum atomic E-state index is -1.06. The van der Waals surface area contributed by atoms with Gasteiger partial charge in [0.15, 0.2) is 0 Å². The first-order valence-electron chi connectivity index (χ1n) is 4.49. The largest absolute Gasteiger partial charge is 0.478 e. The molecule has 0 unspecified atom stereocenters. The van der Waals surface area contributed by atoms with Crippen molar-refractivity contribution in [2.45, 2.75) is 6.92 Å². The maximum Gasteiger partial charge on any atom is 0.384 e. The molecule has 0 aliphatic rings. The average molecular weight is 218 g/mol. The Morgan fingerprint density at radius 3 is 2.62 bits per heavy atom. The standard InChI is InChI=1S/C12H10O4/c1-8-4-3-5-9(11(8)12(14)15)6-7-10(13)16-2/h3-5H,1-2H3,(H,14,15). The summed E-state index contributed by atoms with van der Waals surface area (Å²) in [6.45, 7) is 1.67. The van der Waals surface area contributed by atoms with Crippen LogP contribution in [-0.2, 0) is 9.53 Å². The molecule has 0 saturated carbocycles. The molecule has 0 aromatic heterocycles. The van der Waals surface area contributed by atoms with Gasteiger partial charge >= 0.3 is 11.9 Å². The topological polar surface area (TPSA) is 63.6 Å². The third-order valence-electron chi connectivity index (χ3n) is 1.97. The SMILES string of the molecule is COC(=O)C#Cc1cccc(C)c1C(=O)O. The fourth-order valence-electron chi connectivity index (χ4n) is 1.23. The molecular formula is C12H10O4. The maximum absolute atomic E-state index is 11.0. The Balaban J connectivity index is 3.22. The predicted octanol–water partition coefficient (Wildman–Crippen LogP) is 1.22. The third-order valence-corrected chi connectivity index (χ3v) is 1.97. The number of carboxylic acid groups (broad SMARTS) is 1. The summed E-state index contributed by atoms with van der Waals surface area (Å²) >= 11 is 0. The number of hydrogen-bond acceptors (Lipinski definition) is 3. The number of aromatic carboxylic acids is 1. The highest BCUT2D eigenvalue weighted by Gasteiger charge is 2.11. The number of rotatable bonds is 1.